The van der Waals surface area contributed by atoms with Gasteiger partial charge in [-0.05, 0) is 43.4 Å². The van der Waals surface area contributed by atoms with E-state index in [0.29, 0.717) is 11.5 Å². The fourth-order valence-electron chi connectivity index (χ4n) is 3.24. The smallest absolute Gasteiger partial charge is 0.0145 e. The zero-order valence-electron chi connectivity index (χ0n) is 11.6. The Balaban J connectivity index is 1.81. The fourth-order valence-corrected chi connectivity index (χ4v) is 4.39. The molecule has 0 aromatic heterocycles. The van der Waals surface area contributed by atoms with E-state index < -0.39 is 0 Å². The summed E-state index contributed by atoms with van der Waals surface area (Å²) in [5.41, 5.74) is 0.411. The molecule has 1 heterocycles. The maximum atomic E-state index is 3.94. The first-order chi connectivity index (χ1) is 8.12. The Hall–Kier alpha value is 0.270. The third-order valence-electron chi connectivity index (χ3n) is 4.36. The van der Waals surface area contributed by atoms with Crippen LogP contribution in [0.15, 0.2) is 0 Å². The molecule has 1 saturated carbocycles. The first kappa shape index (κ1) is 13.7. The molecule has 3 heteroatoms. The molecular formula is C14H28N2S. The molecule has 2 N–H and O–H groups in total. The molecule has 2 nitrogen and oxygen atoms in total. The van der Waals surface area contributed by atoms with Gasteiger partial charge < -0.3 is 10.6 Å². The topological polar surface area (TPSA) is 24.1 Å². The van der Waals surface area contributed by atoms with Crippen molar-refractivity contribution in [2.45, 2.75) is 63.8 Å². The summed E-state index contributed by atoms with van der Waals surface area (Å²) in [7, 11) is 0. The fraction of sp³-hybridized carbons (Fsp3) is 1.00. The standard InChI is InChI=1S/C14H28N2S/c1-4-17-12-6-5-11(9-12)16-13-7-8-15-10-14(13,2)3/h11-13,15-16H,4-10H2,1-3H3. The van der Waals surface area contributed by atoms with Gasteiger partial charge in [-0.15, -0.1) is 0 Å². The molecule has 0 bridgehead atoms. The van der Waals surface area contributed by atoms with Crippen LogP contribution < -0.4 is 10.6 Å². The largest absolute Gasteiger partial charge is 0.316 e. The maximum absolute atomic E-state index is 3.94. The second-order valence-corrected chi connectivity index (χ2v) is 7.84. The second kappa shape index (κ2) is 5.94. The van der Waals surface area contributed by atoms with Gasteiger partial charge in [0.25, 0.3) is 0 Å². The van der Waals surface area contributed by atoms with E-state index in [4.69, 9.17) is 0 Å². The normalized spacial score (nSPS) is 37.2. The minimum atomic E-state index is 0.411. The van der Waals surface area contributed by atoms with Crippen LogP contribution in [-0.4, -0.2) is 36.2 Å². The van der Waals surface area contributed by atoms with Gasteiger partial charge in [-0.1, -0.05) is 20.8 Å². The zero-order valence-corrected chi connectivity index (χ0v) is 12.4. The summed E-state index contributed by atoms with van der Waals surface area (Å²) in [4.78, 5) is 0. The molecule has 1 aliphatic heterocycles. The Labute approximate surface area is 111 Å². The van der Waals surface area contributed by atoms with Crippen LogP contribution in [0.3, 0.4) is 0 Å². The first-order valence-corrected chi connectivity index (χ1v) is 8.25. The van der Waals surface area contributed by atoms with Crippen LogP contribution in [0.25, 0.3) is 0 Å². The maximum Gasteiger partial charge on any atom is 0.0145 e. The highest BCUT2D eigenvalue weighted by Gasteiger charge is 2.35. The van der Waals surface area contributed by atoms with Crippen LogP contribution in [0.5, 0.6) is 0 Å². The van der Waals surface area contributed by atoms with E-state index in [2.05, 4.69) is 43.2 Å². The quantitative estimate of drug-likeness (QED) is 0.808. The summed E-state index contributed by atoms with van der Waals surface area (Å²) < 4.78 is 0. The van der Waals surface area contributed by atoms with Crippen molar-refractivity contribution < 1.29 is 0 Å². The number of nitrogens with one attached hydrogen (secondary N) is 2. The summed E-state index contributed by atoms with van der Waals surface area (Å²) in [6.45, 7) is 9.40. The molecule has 1 aliphatic carbocycles. The molecule has 2 rings (SSSR count). The average Bonchev–Trinajstić information content (AvgIpc) is 2.70. The molecule has 3 unspecified atom stereocenters. The van der Waals surface area contributed by atoms with Crippen LogP contribution in [0, 0.1) is 5.41 Å². The minimum absolute atomic E-state index is 0.411. The first-order valence-electron chi connectivity index (χ1n) is 7.20. The molecular weight excluding hydrogens is 228 g/mol. The molecule has 0 amide bonds. The monoisotopic (exact) mass is 256 g/mol. The van der Waals surface area contributed by atoms with E-state index in [-0.39, 0.29) is 0 Å². The van der Waals surface area contributed by atoms with Crippen LogP contribution in [-0.2, 0) is 0 Å². The Morgan fingerprint density at radius 1 is 1.29 bits per heavy atom. The molecule has 0 aromatic carbocycles. The van der Waals surface area contributed by atoms with Crippen molar-refractivity contribution in [1.82, 2.24) is 10.6 Å². The van der Waals surface area contributed by atoms with E-state index in [9.17, 15) is 0 Å². The Morgan fingerprint density at radius 3 is 2.82 bits per heavy atom. The third-order valence-corrected chi connectivity index (χ3v) is 5.59. The Morgan fingerprint density at radius 2 is 2.12 bits per heavy atom. The van der Waals surface area contributed by atoms with E-state index in [1.54, 1.807) is 0 Å². The predicted octanol–water partition coefficient (Wildman–Crippen LogP) is 2.64. The number of piperidine rings is 1. The average molecular weight is 256 g/mol. The summed E-state index contributed by atoms with van der Waals surface area (Å²) in [6.07, 6.45) is 5.48. The van der Waals surface area contributed by atoms with Gasteiger partial charge >= 0.3 is 0 Å². The van der Waals surface area contributed by atoms with Gasteiger partial charge in [0.2, 0.25) is 0 Å². The molecule has 0 aromatic rings. The van der Waals surface area contributed by atoms with Crippen molar-refractivity contribution in [2.24, 2.45) is 5.41 Å². The van der Waals surface area contributed by atoms with Crippen LogP contribution >= 0.6 is 11.8 Å². The van der Waals surface area contributed by atoms with Gasteiger partial charge in [0.1, 0.15) is 0 Å². The zero-order chi connectivity index (χ0) is 12.3. The second-order valence-electron chi connectivity index (χ2n) is 6.26. The molecule has 2 aliphatic rings. The van der Waals surface area contributed by atoms with Crippen LogP contribution in [0.2, 0.25) is 0 Å². The van der Waals surface area contributed by atoms with Crippen LogP contribution in [0.1, 0.15) is 46.5 Å². The van der Waals surface area contributed by atoms with E-state index >= 15 is 0 Å². The van der Waals surface area contributed by atoms with Gasteiger partial charge in [0.15, 0.2) is 0 Å². The lowest BCUT2D eigenvalue weighted by Crippen LogP contribution is -2.55. The van der Waals surface area contributed by atoms with E-state index in [1.807, 2.05) is 0 Å². The SMILES string of the molecule is CCSC1CCC(NC2CCNCC2(C)C)C1. The van der Waals surface area contributed by atoms with Crippen molar-refractivity contribution in [3.8, 4) is 0 Å². The number of rotatable bonds is 4. The molecule has 0 spiro atoms. The lowest BCUT2D eigenvalue weighted by atomic mass is 9.79. The van der Waals surface area contributed by atoms with Crippen molar-refractivity contribution >= 4 is 11.8 Å². The molecule has 3 atom stereocenters. The Bertz CT molecular complexity index is 242. The summed E-state index contributed by atoms with van der Waals surface area (Å²) in [6, 6.07) is 1.49. The van der Waals surface area contributed by atoms with Crippen molar-refractivity contribution in [1.29, 1.82) is 0 Å². The van der Waals surface area contributed by atoms with Crippen molar-refractivity contribution in [3.05, 3.63) is 0 Å². The number of hydrogen-bond donors (Lipinski definition) is 2. The molecule has 100 valence electrons. The van der Waals surface area contributed by atoms with E-state index in [0.717, 1.165) is 17.8 Å². The number of hydrogen-bond acceptors (Lipinski definition) is 3. The molecule has 0 radical (unpaired) electrons. The van der Waals surface area contributed by atoms with Gasteiger partial charge in [0, 0.05) is 23.9 Å². The minimum Gasteiger partial charge on any atom is -0.316 e. The molecule has 17 heavy (non-hydrogen) atoms. The van der Waals surface area contributed by atoms with Crippen molar-refractivity contribution in [2.75, 3.05) is 18.8 Å². The lowest BCUT2D eigenvalue weighted by molar-refractivity contribution is 0.172. The van der Waals surface area contributed by atoms with Crippen LogP contribution in [0.4, 0.5) is 0 Å². The summed E-state index contributed by atoms with van der Waals surface area (Å²) in [5.74, 6) is 1.27. The highest BCUT2D eigenvalue weighted by Crippen LogP contribution is 2.32. The third kappa shape index (κ3) is 3.62. The van der Waals surface area contributed by atoms with Gasteiger partial charge in [-0.2, -0.15) is 11.8 Å². The highest BCUT2D eigenvalue weighted by molar-refractivity contribution is 7.99. The highest BCUT2D eigenvalue weighted by atomic mass is 32.2. The Kier molecular flexibility index (Phi) is 4.79. The van der Waals surface area contributed by atoms with Crippen molar-refractivity contribution in [3.63, 3.8) is 0 Å². The summed E-state index contributed by atoms with van der Waals surface area (Å²) >= 11 is 2.15. The molecule has 1 saturated heterocycles. The van der Waals surface area contributed by atoms with Gasteiger partial charge in [-0.3, -0.25) is 0 Å². The van der Waals surface area contributed by atoms with Gasteiger partial charge in [-0.25, -0.2) is 0 Å². The lowest BCUT2D eigenvalue weighted by Gasteiger charge is -2.41. The number of thioether (sulfide) groups is 1. The summed E-state index contributed by atoms with van der Waals surface area (Å²) in [5, 5.41) is 8.38. The predicted molar refractivity (Wildman–Crippen MR) is 77.8 cm³/mol. The van der Waals surface area contributed by atoms with E-state index in [1.165, 1.54) is 38.0 Å². The molecule has 2 fully saturated rings. The van der Waals surface area contributed by atoms with Gasteiger partial charge in [0.05, 0.1) is 0 Å².